The summed E-state index contributed by atoms with van der Waals surface area (Å²) in [4.78, 5) is 12.9. The highest BCUT2D eigenvalue weighted by Gasteiger charge is 2.29. The van der Waals surface area contributed by atoms with Gasteiger partial charge in [-0.1, -0.05) is 13.8 Å². The molecule has 0 fully saturated rings. The molecular formula is C13H19BrN2O4S. The molecule has 1 atom stereocenters. The van der Waals surface area contributed by atoms with Gasteiger partial charge in [0.2, 0.25) is 10.0 Å². The average molecular weight is 379 g/mol. The van der Waals surface area contributed by atoms with E-state index in [4.69, 9.17) is 5.11 Å². The third-order valence-corrected chi connectivity index (χ3v) is 5.37. The van der Waals surface area contributed by atoms with Crippen molar-refractivity contribution in [3.63, 3.8) is 0 Å². The molecule has 8 heteroatoms. The number of carboxylic acids is 1. The minimum atomic E-state index is -3.94. The summed E-state index contributed by atoms with van der Waals surface area (Å²) in [6.07, 6.45) is 0. The molecule has 118 valence electrons. The maximum absolute atomic E-state index is 12.4. The topological polar surface area (TPSA) is 86.7 Å². The quantitative estimate of drug-likeness (QED) is 0.789. The van der Waals surface area contributed by atoms with Crippen molar-refractivity contribution in [3.8, 4) is 0 Å². The Balaban J connectivity index is 3.24. The van der Waals surface area contributed by atoms with Crippen molar-refractivity contribution in [2.45, 2.75) is 24.8 Å². The number of benzene rings is 1. The molecular weight excluding hydrogens is 360 g/mol. The van der Waals surface area contributed by atoms with Gasteiger partial charge in [0.05, 0.1) is 4.90 Å². The summed E-state index contributed by atoms with van der Waals surface area (Å²) in [6, 6.07) is 3.70. The minimum Gasteiger partial charge on any atom is -0.480 e. The van der Waals surface area contributed by atoms with E-state index in [1.165, 1.54) is 6.07 Å². The van der Waals surface area contributed by atoms with Crippen molar-refractivity contribution in [1.29, 1.82) is 0 Å². The van der Waals surface area contributed by atoms with Crippen LogP contribution in [0.15, 0.2) is 27.6 Å². The van der Waals surface area contributed by atoms with E-state index < -0.39 is 22.0 Å². The van der Waals surface area contributed by atoms with Gasteiger partial charge in [0.1, 0.15) is 6.04 Å². The number of nitrogens with one attached hydrogen (secondary N) is 1. The Bertz CT molecular complexity index is 629. The van der Waals surface area contributed by atoms with E-state index in [1.54, 1.807) is 45.0 Å². The second kappa shape index (κ2) is 6.76. The van der Waals surface area contributed by atoms with Crippen LogP contribution < -0.4 is 9.62 Å². The van der Waals surface area contributed by atoms with Gasteiger partial charge in [-0.2, -0.15) is 4.72 Å². The molecule has 0 heterocycles. The second-order valence-corrected chi connectivity index (χ2v) is 7.73. The Labute approximate surface area is 133 Å². The summed E-state index contributed by atoms with van der Waals surface area (Å²) in [5, 5.41) is 9.12. The maximum atomic E-state index is 12.4. The lowest BCUT2D eigenvalue weighted by Gasteiger charge is -2.20. The first-order chi connectivity index (χ1) is 9.56. The standard InChI is InChI=1S/C13H19BrN2O4S/c1-8(2)12(13(17)18)15-21(19,20)11-7-9(16(3)4)5-6-10(11)14/h5-8,12,15H,1-4H3,(H,17,18)/t12-/m0/s1. The number of rotatable bonds is 6. The molecule has 2 N–H and O–H groups in total. The molecule has 6 nitrogen and oxygen atoms in total. The molecule has 0 bridgehead atoms. The molecule has 0 spiro atoms. The normalized spacial score (nSPS) is 13.2. The zero-order valence-electron chi connectivity index (χ0n) is 12.3. The first kappa shape index (κ1) is 17.9. The van der Waals surface area contributed by atoms with Crippen LogP contribution in [0.2, 0.25) is 0 Å². The first-order valence-electron chi connectivity index (χ1n) is 6.28. The van der Waals surface area contributed by atoms with Crippen LogP contribution >= 0.6 is 15.9 Å². The number of carboxylic acid groups (broad SMARTS) is 1. The number of anilines is 1. The molecule has 0 aliphatic carbocycles. The van der Waals surface area contributed by atoms with Crippen LogP contribution in [0.1, 0.15) is 13.8 Å². The molecule has 1 aromatic rings. The van der Waals surface area contributed by atoms with Gasteiger partial charge in [-0.15, -0.1) is 0 Å². The first-order valence-corrected chi connectivity index (χ1v) is 8.56. The smallest absolute Gasteiger partial charge is 0.322 e. The van der Waals surface area contributed by atoms with Crippen molar-refractivity contribution in [1.82, 2.24) is 4.72 Å². The van der Waals surface area contributed by atoms with Crippen molar-refractivity contribution in [2.24, 2.45) is 5.92 Å². The Kier molecular flexibility index (Phi) is 5.77. The van der Waals surface area contributed by atoms with Gasteiger partial charge < -0.3 is 10.0 Å². The fourth-order valence-electron chi connectivity index (χ4n) is 1.68. The monoisotopic (exact) mass is 378 g/mol. The van der Waals surface area contributed by atoms with E-state index in [0.717, 1.165) is 0 Å². The number of halogens is 1. The Morgan fingerprint density at radius 2 is 1.90 bits per heavy atom. The predicted octanol–water partition coefficient (Wildman–Crippen LogP) is 1.90. The van der Waals surface area contributed by atoms with Crippen LogP contribution in [-0.2, 0) is 14.8 Å². The highest BCUT2D eigenvalue weighted by molar-refractivity contribution is 9.10. The largest absolute Gasteiger partial charge is 0.480 e. The molecule has 0 saturated heterocycles. The van der Waals surface area contributed by atoms with E-state index in [-0.39, 0.29) is 10.8 Å². The number of aliphatic carboxylic acids is 1. The SMILES string of the molecule is CC(C)[C@H](NS(=O)(=O)c1cc(N(C)C)ccc1Br)C(=O)O. The molecule has 21 heavy (non-hydrogen) atoms. The number of hydrogen-bond donors (Lipinski definition) is 2. The Hall–Kier alpha value is -1.12. The van der Waals surface area contributed by atoms with E-state index >= 15 is 0 Å². The molecule has 0 saturated carbocycles. The third-order valence-electron chi connectivity index (χ3n) is 2.94. The number of carbonyl (C=O) groups is 1. The Morgan fingerprint density at radius 3 is 2.33 bits per heavy atom. The minimum absolute atomic E-state index is 0.0144. The number of nitrogens with zero attached hydrogens (tertiary/aromatic N) is 1. The Morgan fingerprint density at radius 1 is 1.33 bits per heavy atom. The lowest BCUT2D eigenvalue weighted by atomic mass is 10.1. The van der Waals surface area contributed by atoms with Crippen LogP contribution in [0.25, 0.3) is 0 Å². The molecule has 0 aliphatic rings. The van der Waals surface area contributed by atoms with Crippen LogP contribution in [0.4, 0.5) is 5.69 Å². The summed E-state index contributed by atoms with van der Waals surface area (Å²) >= 11 is 3.19. The molecule has 1 rings (SSSR count). The lowest BCUT2D eigenvalue weighted by molar-refractivity contribution is -0.140. The van der Waals surface area contributed by atoms with Gasteiger partial charge in [0.15, 0.2) is 0 Å². The van der Waals surface area contributed by atoms with Crippen LogP contribution in [0.3, 0.4) is 0 Å². The average Bonchev–Trinajstić information content (AvgIpc) is 2.35. The summed E-state index contributed by atoms with van der Waals surface area (Å²) in [5.41, 5.74) is 0.704. The number of sulfonamides is 1. The van der Waals surface area contributed by atoms with Crippen molar-refractivity contribution in [3.05, 3.63) is 22.7 Å². The molecule has 0 aromatic heterocycles. The summed E-state index contributed by atoms with van der Waals surface area (Å²) in [7, 11) is -0.355. The van der Waals surface area contributed by atoms with E-state index in [2.05, 4.69) is 20.7 Å². The molecule has 0 unspecified atom stereocenters. The van der Waals surface area contributed by atoms with E-state index in [9.17, 15) is 13.2 Å². The maximum Gasteiger partial charge on any atom is 0.322 e. The molecule has 0 amide bonds. The van der Waals surface area contributed by atoms with E-state index in [0.29, 0.717) is 10.2 Å². The lowest BCUT2D eigenvalue weighted by Crippen LogP contribution is -2.44. The van der Waals surface area contributed by atoms with Crippen molar-refractivity contribution < 1.29 is 18.3 Å². The predicted molar refractivity (Wildman–Crippen MR) is 85.1 cm³/mol. The summed E-state index contributed by atoms with van der Waals surface area (Å²) < 4.78 is 27.5. The fourth-order valence-corrected chi connectivity index (χ4v) is 4.00. The zero-order valence-corrected chi connectivity index (χ0v) is 14.7. The van der Waals surface area contributed by atoms with Gasteiger partial charge in [0.25, 0.3) is 0 Å². The van der Waals surface area contributed by atoms with Crippen LogP contribution in [0.5, 0.6) is 0 Å². The molecule has 0 radical (unpaired) electrons. The van der Waals surface area contributed by atoms with Gasteiger partial charge in [-0.3, -0.25) is 4.79 Å². The van der Waals surface area contributed by atoms with Crippen molar-refractivity contribution >= 4 is 37.6 Å². The highest BCUT2D eigenvalue weighted by atomic mass is 79.9. The van der Waals surface area contributed by atoms with Gasteiger partial charge >= 0.3 is 5.97 Å². The van der Waals surface area contributed by atoms with E-state index in [1.807, 2.05) is 0 Å². The van der Waals surface area contributed by atoms with Crippen molar-refractivity contribution in [2.75, 3.05) is 19.0 Å². The summed E-state index contributed by atoms with van der Waals surface area (Å²) in [6.45, 7) is 3.29. The fraction of sp³-hybridized carbons (Fsp3) is 0.462. The third kappa shape index (κ3) is 4.42. The van der Waals surface area contributed by atoms with Gasteiger partial charge in [-0.25, -0.2) is 8.42 Å². The van der Waals surface area contributed by atoms with Crippen LogP contribution in [-0.4, -0.2) is 39.6 Å². The van der Waals surface area contributed by atoms with Gasteiger partial charge in [0, 0.05) is 24.3 Å². The zero-order chi connectivity index (χ0) is 16.4. The molecule has 0 aliphatic heterocycles. The van der Waals surface area contributed by atoms with Gasteiger partial charge in [-0.05, 0) is 40.0 Å². The summed E-state index contributed by atoms with van der Waals surface area (Å²) in [5.74, 6) is -1.57. The highest BCUT2D eigenvalue weighted by Crippen LogP contribution is 2.27. The number of hydrogen-bond acceptors (Lipinski definition) is 4. The molecule has 1 aromatic carbocycles. The second-order valence-electron chi connectivity index (χ2n) is 5.19. The van der Waals surface area contributed by atoms with Crippen LogP contribution in [0, 0.1) is 5.92 Å².